The lowest BCUT2D eigenvalue weighted by atomic mass is 10.1. The fraction of sp³-hybridized carbons (Fsp3) is 0.0769. The molecule has 0 amide bonds. The number of benzene rings is 1. The maximum Gasteiger partial charge on any atom is 0.184 e. The van der Waals surface area contributed by atoms with Gasteiger partial charge in [-0.05, 0) is 0 Å². The molecular weight excluding hydrogens is 240 g/mol. The van der Waals surface area contributed by atoms with Gasteiger partial charge in [-0.1, -0.05) is 30.3 Å². The van der Waals surface area contributed by atoms with Crippen LogP contribution in [0.1, 0.15) is 0 Å². The Morgan fingerprint density at radius 2 is 1.89 bits per heavy atom. The standard InChI is InChI=1S/C13H12N6/c1-14-12-7-10(9-5-3-2-4-6-9)16-13(17-12)11-8-15-19-18-11/h2-8H,1H3,(H,14,16,17)(H,15,18,19). The molecule has 0 unspecified atom stereocenters. The summed E-state index contributed by atoms with van der Waals surface area (Å²) < 4.78 is 0. The molecule has 0 aliphatic rings. The topological polar surface area (TPSA) is 79.4 Å². The molecule has 0 aliphatic heterocycles. The normalized spacial score (nSPS) is 10.4. The highest BCUT2D eigenvalue weighted by Gasteiger charge is 2.09. The van der Waals surface area contributed by atoms with E-state index in [0.717, 1.165) is 17.1 Å². The molecule has 1 aromatic carbocycles. The van der Waals surface area contributed by atoms with Gasteiger partial charge in [-0.3, -0.25) is 0 Å². The van der Waals surface area contributed by atoms with Crippen LogP contribution in [0.4, 0.5) is 5.82 Å². The van der Waals surface area contributed by atoms with E-state index in [1.807, 2.05) is 43.4 Å². The van der Waals surface area contributed by atoms with Crippen LogP contribution in [-0.2, 0) is 0 Å². The highest BCUT2D eigenvalue weighted by atomic mass is 15.3. The molecule has 2 heterocycles. The largest absolute Gasteiger partial charge is 0.373 e. The maximum atomic E-state index is 4.52. The van der Waals surface area contributed by atoms with Gasteiger partial charge in [0.15, 0.2) is 5.82 Å². The van der Waals surface area contributed by atoms with E-state index >= 15 is 0 Å². The Morgan fingerprint density at radius 3 is 2.58 bits per heavy atom. The van der Waals surface area contributed by atoms with E-state index < -0.39 is 0 Å². The average Bonchev–Trinajstić information content (AvgIpc) is 3.02. The highest BCUT2D eigenvalue weighted by Crippen LogP contribution is 2.22. The minimum atomic E-state index is 0.541. The number of aromatic amines is 1. The van der Waals surface area contributed by atoms with Crippen LogP contribution < -0.4 is 5.32 Å². The van der Waals surface area contributed by atoms with Crippen molar-refractivity contribution in [2.45, 2.75) is 0 Å². The van der Waals surface area contributed by atoms with E-state index in [0.29, 0.717) is 11.5 Å². The molecular formula is C13H12N6. The molecule has 0 fully saturated rings. The summed E-state index contributed by atoms with van der Waals surface area (Å²) in [6.07, 6.45) is 1.60. The van der Waals surface area contributed by atoms with Gasteiger partial charge < -0.3 is 5.32 Å². The quantitative estimate of drug-likeness (QED) is 0.745. The van der Waals surface area contributed by atoms with Gasteiger partial charge in [-0.25, -0.2) is 9.97 Å². The summed E-state index contributed by atoms with van der Waals surface area (Å²) >= 11 is 0. The van der Waals surface area contributed by atoms with Crippen molar-refractivity contribution in [1.82, 2.24) is 25.4 Å². The van der Waals surface area contributed by atoms with Gasteiger partial charge in [0.25, 0.3) is 0 Å². The van der Waals surface area contributed by atoms with Gasteiger partial charge in [0.2, 0.25) is 0 Å². The molecule has 6 nitrogen and oxygen atoms in total. The summed E-state index contributed by atoms with van der Waals surface area (Å²) in [5, 5.41) is 13.4. The van der Waals surface area contributed by atoms with Crippen molar-refractivity contribution in [2.75, 3.05) is 12.4 Å². The second kappa shape index (κ2) is 4.85. The van der Waals surface area contributed by atoms with Crippen LogP contribution in [0.5, 0.6) is 0 Å². The first kappa shape index (κ1) is 11.3. The van der Waals surface area contributed by atoms with E-state index in [4.69, 9.17) is 0 Å². The Hall–Kier alpha value is -2.76. The van der Waals surface area contributed by atoms with Crippen molar-refractivity contribution in [3.63, 3.8) is 0 Å². The Morgan fingerprint density at radius 1 is 1.05 bits per heavy atom. The van der Waals surface area contributed by atoms with E-state index in [2.05, 4.69) is 30.7 Å². The molecule has 0 saturated heterocycles. The van der Waals surface area contributed by atoms with Crippen molar-refractivity contribution < 1.29 is 0 Å². The number of aromatic nitrogens is 5. The van der Waals surface area contributed by atoms with Gasteiger partial charge in [0.05, 0.1) is 11.9 Å². The van der Waals surface area contributed by atoms with Crippen molar-refractivity contribution in [1.29, 1.82) is 0 Å². The minimum absolute atomic E-state index is 0.541. The molecule has 94 valence electrons. The fourth-order valence-corrected chi connectivity index (χ4v) is 1.76. The summed E-state index contributed by atoms with van der Waals surface area (Å²) in [5.41, 5.74) is 2.50. The van der Waals surface area contributed by atoms with E-state index in [1.165, 1.54) is 0 Å². The zero-order chi connectivity index (χ0) is 13.1. The molecule has 0 bridgehead atoms. The monoisotopic (exact) mass is 252 g/mol. The fourth-order valence-electron chi connectivity index (χ4n) is 1.76. The van der Waals surface area contributed by atoms with Gasteiger partial charge >= 0.3 is 0 Å². The van der Waals surface area contributed by atoms with Crippen LogP contribution in [-0.4, -0.2) is 32.4 Å². The average molecular weight is 252 g/mol. The summed E-state index contributed by atoms with van der Waals surface area (Å²) in [5.74, 6) is 1.28. The van der Waals surface area contributed by atoms with Crippen molar-refractivity contribution in [3.05, 3.63) is 42.6 Å². The second-order valence-electron chi connectivity index (χ2n) is 3.93. The number of anilines is 1. The lowest BCUT2D eigenvalue weighted by Gasteiger charge is -2.06. The number of nitrogens with zero attached hydrogens (tertiary/aromatic N) is 4. The summed E-state index contributed by atoms with van der Waals surface area (Å²) in [7, 11) is 1.82. The molecule has 0 saturated carbocycles. The Labute approximate surface area is 109 Å². The third-order valence-electron chi connectivity index (χ3n) is 2.70. The molecule has 6 heteroatoms. The summed E-state index contributed by atoms with van der Waals surface area (Å²) in [6.45, 7) is 0. The lowest BCUT2D eigenvalue weighted by Crippen LogP contribution is -1.99. The maximum absolute atomic E-state index is 4.52. The summed E-state index contributed by atoms with van der Waals surface area (Å²) in [4.78, 5) is 8.90. The number of rotatable bonds is 3. The minimum Gasteiger partial charge on any atom is -0.373 e. The van der Waals surface area contributed by atoms with Crippen LogP contribution in [0, 0.1) is 0 Å². The van der Waals surface area contributed by atoms with Gasteiger partial charge in [0.1, 0.15) is 11.5 Å². The van der Waals surface area contributed by atoms with E-state index in [1.54, 1.807) is 6.20 Å². The summed E-state index contributed by atoms with van der Waals surface area (Å²) in [6, 6.07) is 11.8. The predicted octanol–water partition coefficient (Wildman–Crippen LogP) is 1.97. The van der Waals surface area contributed by atoms with Crippen LogP contribution in [0.2, 0.25) is 0 Å². The Bertz CT molecular complexity index is 663. The first-order valence-corrected chi connectivity index (χ1v) is 5.85. The Kier molecular flexibility index (Phi) is 2.89. The third-order valence-corrected chi connectivity index (χ3v) is 2.70. The SMILES string of the molecule is CNc1cc(-c2ccccc2)nc(-c2cn[nH]n2)n1. The number of nitrogens with one attached hydrogen (secondary N) is 2. The highest BCUT2D eigenvalue weighted by molar-refractivity contribution is 5.65. The van der Waals surface area contributed by atoms with Gasteiger partial charge in [0, 0.05) is 18.7 Å². The van der Waals surface area contributed by atoms with Crippen LogP contribution in [0.15, 0.2) is 42.6 Å². The Balaban J connectivity index is 2.13. The molecule has 2 N–H and O–H groups in total. The first-order chi connectivity index (χ1) is 9.36. The second-order valence-corrected chi connectivity index (χ2v) is 3.93. The van der Waals surface area contributed by atoms with Crippen LogP contribution in [0.3, 0.4) is 0 Å². The van der Waals surface area contributed by atoms with Crippen molar-refractivity contribution >= 4 is 5.82 Å². The zero-order valence-electron chi connectivity index (χ0n) is 10.3. The van der Waals surface area contributed by atoms with E-state index in [-0.39, 0.29) is 0 Å². The third kappa shape index (κ3) is 2.28. The van der Waals surface area contributed by atoms with Crippen molar-refractivity contribution in [3.8, 4) is 22.8 Å². The van der Waals surface area contributed by atoms with Crippen molar-refractivity contribution in [2.24, 2.45) is 0 Å². The number of hydrogen-bond donors (Lipinski definition) is 2. The predicted molar refractivity (Wildman–Crippen MR) is 72.4 cm³/mol. The molecule has 3 rings (SSSR count). The molecule has 2 aromatic heterocycles. The number of hydrogen-bond acceptors (Lipinski definition) is 5. The molecule has 0 radical (unpaired) electrons. The zero-order valence-corrected chi connectivity index (χ0v) is 10.3. The smallest absolute Gasteiger partial charge is 0.184 e. The number of H-pyrrole nitrogens is 1. The molecule has 19 heavy (non-hydrogen) atoms. The van der Waals surface area contributed by atoms with Gasteiger partial charge in [-0.15, -0.1) is 0 Å². The lowest BCUT2D eigenvalue weighted by molar-refractivity contribution is 0.938. The van der Waals surface area contributed by atoms with Crippen LogP contribution in [0.25, 0.3) is 22.8 Å². The van der Waals surface area contributed by atoms with Gasteiger partial charge in [-0.2, -0.15) is 15.4 Å². The molecule has 3 aromatic rings. The van der Waals surface area contributed by atoms with Crippen LogP contribution >= 0.6 is 0 Å². The molecule has 0 atom stereocenters. The molecule has 0 aliphatic carbocycles. The first-order valence-electron chi connectivity index (χ1n) is 5.85. The van der Waals surface area contributed by atoms with E-state index in [9.17, 15) is 0 Å². The molecule has 0 spiro atoms.